The van der Waals surface area contributed by atoms with E-state index in [-0.39, 0.29) is 32.6 Å². The van der Waals surface area contributed by atoms with Crippen LogP contribution in [0.2, 0.25) is 0 Å². The van der Waals surface area contributed by atoms with Crippen molar-refractivity contribution >= 4 is 11.9 Å². The zero-order valence-corrected chi connectivity index (χ0v) is 21.2. The Morgan fingerprint density at radius 2 is 1.66 bits per heavy atom. The van der Waals surface area contributed by atoms with E-state index in [1.807, 2.05) is 19.9 Å². The van der Waals surface area contributed by atoms with Gasteiger partial charge in [0.2, 0.25) is 0 Å². The third-order valence-corrected chi connectivity index (χ3v) is 5.46. The molecule has 0 atom stereocenters. The summed E-state index contributed by atoms with van der Waals surface area (Å²) in [4.78, 5) is 24.4. The molecule has 0 N–H and O–H groups in total. The molecule has 0 aromatic heterocycles. The number of carbonyl (C=O) groups is 2. The molecule has 35 heavy (non-hydrogen) atoms. The van der Waals surface area contributed by atoms with Crippen LogP contribution in [0.15, 0.2) is 11.6 Å². The number of esters is 2. The molecule has 0 fully saturated rings. The van der Waals surface area contributed by atoms with Crippen LogP contribution in [0.3, 0.4) is 0 Å². The summed E-state index contributed by atoms with van der Waals surface area (Å²) in [6, 6.07) is 0. The molecule has 196 valence electrons. The highest BCUT2D eigenvalue weighted by Crippen LogP contribution is 2.42. The van der Waals surface area contributed by atoms with Crippen LogP contribution in [0.4, 0.5) is 0 Å². The van der Waals surface area contributed by atoms with Crippen LogP contribution in [0.1, 0.15) is 46.8 Å². The quantitative estimate of drug-likeness (QED) is 0.138. The van der Waals surface area contributed by atoms with E-state index in [1.54, 1.807) is 21.3 Å². The van der Waals surface area contributed by atoms with Gasteiger partial charge in [0.1, 0.15) is 23.7 Å². The van der Waals surface area contributed by atoms with Crippen molar-refractivity contribution in [1.29, 1.82) is 0 Å². The number of benzene rings is 1. The Bertz CT molecular complexity index is 878. The van der Waals surface area contributed by atoms with E-state index in [0.29, 0.717) is 61.9 Å². The summed E-state index contributed by atoms with van der Waals surface area (Å²) in [7, 11) is 4.74. The van der Waals surface area contributed by atoms with Gasteiger partial charge in [-0.05, 0) is 32.3 Å². The van der Waals surface area contributed by atoms with Gasteiger partial charge in [-0.1, -0.05) is 11.6 Å². The van der Waals surface area contributed by atoms with Gasteiger partial charge in [-0.15, -0.1) is 0 Å². The summed E-state index contributed by atoms with van der Waals surface area (Å²) >= 11 is 0. The standard InChI is InChI=1S/C25H36O10/c1-17(7-9-21(26)34-15-31-12-10-28-3)6-8-19-23(30-5)18(2)20-14-33-25(27)22(20)24(19)35-16-32-13-11-29-4/h6H,7-16H2,1-5H3/b17-6+. The van der Waals surface area contributed by atoms with E-state index in [4.69, 9.17) is 37.9 Å². The maximum atomic E-state index is 12.5. The van der Waals surface area contributed by atoms with E-state index >= 15 is 0 Å². The lowest BCUT2D eigenvalue weighted by atomic mass is 9.94. The maximum Gasteiger partial charge on any atom is 0.342 e. The third-order valence-electron chi connectivity index (χ3n) is 5.46. The zero-order valence-electron chi connectivity index (χ0n) is 21.2. The van der Waals surface area contributed by atoms with Gasteiger partial charge in [-0.3, -0.25) is 4.79 Å². The molecule has 0 saturated carbocycles. The molecule has 1 aromatic rings. The van der Waals surface area contributed by atoms with Crippen LogP contribution in [0.25, 0.3) is 0 Å². The van der Waals surface area contributed by atoms with Gasteiger partial charge < -0.3 is 37.9 Å². The van der Waals surface area contributed by atoms with Gasteiger partial charge in [0.15, 0.2) is 13.6 Å². The van der Waals surface area contributed by atoms with E-state index in [1.165, 1.54) is 0 Å². The summed E-state index contributed by atoms with van der Waals surface area (Å²) in [5, 5.41) is 0. The lowest BCUT2D eigenvalue weighted by molar-refractivity contribution is -0.157. The minimum atomic E-state index is -0.435. The van der Waals surface area contributed by atoms with Gasteiger partial charge >= 0.3 is 11.9 Å². The number of methoxy groups -OCH3 is 3. The smallest absolute Gasteiger partial charge is 0.342 e. The van der Waals surface area contributed by atoms with Gasteiger partial charge in [-0.25, -0.2) is 4.79 Å². The van der Waals surface area contributed by atoms with Gasteiger partial charge in [0.25, 0.3) is 0 Å². The number of hydrogen-bond acceptors (Lipinski definition) is 10. The first-order chi connectivity index (χ1) is 16.9. The lowest BCUT2D eigenvalue weighted by Crippen LogP contribution is -2.13. The van der Waals surface area contributed by atoms with Crippen LogP contribution in [-0.4, -0.2) is 73.3 Å². The number of allylic oxidation sites excluding steroid dienone is 2. The highest BCUT2D eigenvalue weighted by atomic mass is 16.7. The van der Waals surface area contributed by atoms with E-state index in [9.17, 15) is 9.59 Å². The lowest BCUT2D eigenvalue weighted by Gasteiger charge is -2.19. The summed E-state index contributed by atoms with van der Waals surface area (Å²) in [6.45, 7) is 5.42. The third kappa shape index (κ3) is 8.50. The first kappa shape index (κ1) is 28.6. The molecule has 10 nitrogen and oxygen atoms in total. The van der Waals surface area contributed by atoms with E-state index < -0.39 is 5.97 Å². The number of hydrogen-bond donors (Lipinski definition) is 0. The fourth-order valence-corrected chi connectivity index (χ4v) is 3.53. The molecule has 1 aliphatic rings. The second kappa shape index (κ2) is 15.4. The van der Waals surface area contributed by atoms with Crippen molar-refractivity contribution in [2.75, 3.05) is 61.3 Å². The van der Waals surface area contributed by atoms with Gasteiger partial charge in [-0.2, -0.15) is 0 Å². The van der Waals surface area contributed by atoms with E-state index in [0.717, 1.165) is 16.7 Å². The first-order valence-corrected chi connectivity index (χ1v) is 11.4. The van der Waals surface area contributed by atoms with Crippen molar-refractivity contribution in [2.24, 2.45) is 0 Å². The second-order valence-corrected chi connectivity index (χ2v) is 7.85. The molecule has 1 heterocycles. The SMILES string of the molecule is COCCOCOC(=O)CC/C(C)=C/Cc1c(OC)c(C)c2c(c1OCOCCOC)C(=O)OC2. The summed E-state index contributed by atoms with van der Waals surface area (Å²) in [6.07, 6.45) is 3.14. The second-order valence-electron chi connectivity index (χ2n) is 7.85. The average Bonchev–Trinajstić information content (AvgIpc) is 3.24. The van der Waals surface area contributed by atoms with Crippen LogP contribution in [-0.2, 0) is 46.2 Å². The molecule has 0 radical (unpaired) electrons. The minimum Gasteiger partial charge on any atom is -0.496 e. The van der Waals surface area contributed by atoms with Crippen molar-refractivity contribution < 1.29 is 47.5 Å². The van der Waals surface area contributed by atoms with Crippen LogP contribution >= 0.6 is 0 Å². The molecule has 0 unspecified atom stereocenters. The summed E-state index contributed by atoms with van der Waals surface area (Å²) in [5.41, 5.74) is 3.67. The molecule has 0 amide bonds. The Kier molecular flexibility index (Phi) is 12.5. The molecule has 10 heteroatoms. The highest BCUT2D eigenvalue weighted by molar-refractivity contribution is 5.98. The summed E-state index contributed by atoms with van der Waals surface area (Å²) < 4.78 is 42.4. The molecular weight excluding hydrogens is 460 g/mol. The zero-order chi connectivity index (χ0) is 25.6. The fourth-order valence-electron chi connectivity index (χ4n) is 3.53. The number of fused-ring (bicyclic) bond motifs is 1. The molecule has 2 rings (SSSR count). The van der Waals surface area contributed by atoms with Gasteiger partial charge in [0, 0.05) is 31.8 Å². The number of rotatable bonds is 17. The Labute approximate surface area is 206 Å². The molecule has 0 bridgehead atoms. The topological polar surface area (TPSA) is 108 Å². The van der Waals surface area contributed by atoms with Crippen LogP contribution < -0.4 is 9.47 Å². The predicted molar refractivity (Wildman–Crippen MR) is 126 cm³/mol. The Balaban J connectivity index is 2.10. The predicted octanol–water partition coefficient (Wildman–Crippen LogP) is 3.11. The normalized spacial score (nSPS) is 12.9. The molecule has 0 saturated heterocycles. The molecule has 1 aromatic carbocycles. The summed E-state index contributed by atoms with van der Waals surface area (Å²) in [5.74, 6) is 0.237. The van der Waals surface area contributed by atoms with Crippen molar-refractivity contribution in [3.05, 3.63) is 33.9 Å². The first-order valence-electron chi connectivity index (χ1n) is 11.4. The van der Waals surface area contributed by atoms with Crippen LogP contribution in [0, 0.1) is 6.92 Å². The Morgan fingerprint density at radius 1 is 0.971 bits per heavy atom. The molecule has 0 spiro atoms. The van der Waals surface area contributed by atoms with Crippen molar-refractivity contribution in [1.82, 2.24) is 0 Å². The molecule has 0 aliphatic carbocycles. The molecule has 1 aliphatic heterocycles. The highest BCUT2D eigenvalue weighted by Gasteiger charge is 2.33. The van der Waals surface area contributed by atoms with Crippen LogP contribution in [0.5, 0.6) is 11.5 Å². The van der Waals surface area contributed by atoms with E-state index in [2.05, 4.69) is 0 Å². The van der Waals surface area contributed by atoms with Crippen molar-refractivity contribution in [3.8, 4) is 11.5 Å². The maximum absolute atomic E-state index is 12.5. The number of carbonyl (C=O) groups excluding carboxylic acids is 2. The Hall–Kier alpha value is -2.66. The molecular formula is C25H36O10. The average molecular weight is 497 g/mol. The monoisotopic (exact) mass is 496 g/mol. The number of cyclic esters (lactones) is 1. The largest absolute Gasteiger partial charge is 0.496 e. The minimum absolute atomic E-state index is 0.0523. The van der Waals surface area contributed by atoms with Crippen molar-refractivity contribution in [2.45, 2.75) is 39.7 Å². The van der Waals surface area contributed by atoms with Crippen molar-refractivity contribution in [3.63, 3.8) is 0 Å². The van der Waals surface area contributed by atoms with Gasteiger partial charge in [0.05, 0.1) is 33.5 Å². The Morgan fingerprint density at radius 3 is 2.31 bits per heavy atom. The fraction of sp³-hybridized carbons (Fsp3) is 0.600. The number of ether oxygens (including phenoxy) is 8.